The van der Waals surface area contributed by atoms with Crippen LogP contribution in [0.1, 0.15) is 12.5 Å². The molecule has 0 atom stereocenters. The molecule has 0 aliphatic rings. The zero-order valence-electron chi connectivity index (χ0n) is 18.0. The van der Waals surface area contributed by atoms with E-state index in [9.17, 15) is 14.4 Å². The smallest absolute Gasteiger partial charge is 0.439 e. The summed E-state index contributed by atoms with van der Waals surface area (Å²) in [7, 11) is 2.89. The van der Waals surface area contributed by atoms with Crippen molar-refractivity contribution in [2.75, 3.05) is 6.61 Å². The zero-order valence-corrected chi connectivity index (χ0v) is 18.0. The highest BCUT2D eigenvalue weighted by molar-refractivity contribution is 5.88. The predicted octanol–water partition coefficient (Wildman–Crippen LogP) is 1.38. The maximum absolute atomic E-state index is 12.9. The first-order chi connectivity index (χ1) is 15.4. The molecule has 0 spiro atoms. The summed E-state index contributed by atoms with van der Waals surface area (Å²) in [5.74, 6) is 1.01. The molecule has 164 valence electrons. The Morgan fingerprint density at radius 3 is 2.41 bits per heavy atom. The van der Waals surface area contributed by atoms with Crippen LogP contribution in [-0.2, 0) is 20.7 Å². The third-order valence-corrected chi connectivity index (χ3v) is 5.15. The van der Waals surface area contributed by atoms with E-state index in [0.29, 0.717) is 30.3 Å². The summed E-state index contributed by atoms with van der Waals surface area (Å²) >= 11 is 0. The van der Waals surface area contributed by atoms with E-state index in [1.807, 2.05) is 37.3 Å². The number of benzene rings is 2. The Bertz CT molecular complexity index is 1470. The number of aromatic amines is 2. The van der Waals surface area contributed by atoms with Crippen molar-refractivity contribution >= 4 is 11.0 Å². The summed E-state index contributed by atoms with van der Waals surface area (Å²) in [4.78, 5) is 42.7. The second-order valence-corrected chi connectivity index (χ2v) is 7.25. The van der Waals surface area contributed by atoms with E-state index in [4.69, 9.17) is 9.47 Å². The topological polar surface area (TPSA) is 109 Å². The normalized spacial score (nSPS) is 11.0. The van der Waals surface area contributed by atoms with Crippen molar-refractivity contribution in [3.05, 3.63) is 85.4 Å². The van der Waals surface area contributed by atoms with Gasteiger partial charge in [0.1, 0.15) is 12.3 Å². The summed E-state index contributed by atoms with van der Waals surface area (Å²) in [5.41, 5.74) is 0.389. The van der Waals surface area contributed by atoms with Crippen LogP contribution in [0.3, 0.4) is 0 Å². The molecule has 0 amide bonds. The van der Waals surface area contributed by atoms with Crippen LogP contribution >= 0.6 is 0 Å². The molecule has 2 aromatic heterocycles. The van der Waals surface area contributed by atoms with E-state index in [1.165, 1.54) is 18.7 Å². The number of aryl methyl sites for hydroxylation is 1. The third kappa shape index (κ3) is 3.80. The SMILES string of the molecule is CCOc1cc(-c2[nH]c(=O)[nH+]c3c2c(=O)n(C)c(=O)n3C)ccc1OCc1ccccc1. The quantitative estimate of drug-likeness (QED) is 0.492. The van der Waals surface area contributed by atoms with Crippen LogP contribution in [0.5, 0.6) is 11.5 Å². The summed E-state index contributed by atoms with van der Waals surface area (Å²) in [6.07, 6.45) is 0. The monoisotopic (exact) mass is 435 g/mol. The lowest BCUT2D eigenvalue weighted by atomic mass is 10.1. The number of ether oxygens (including phenoxy) is 2. The van der Waals surface area contributed by atoms with Gasteiger partial charge in [0.25, 0.3) is 5.56 Å². The second-order valence-electron chi connectivity index (χ2n) is 7.25. The van der Waals surface area contributed by atoms with Gasteiger partial charge in [0.05, 0.1) is 13.7 Å². The average molecular weight is 435 g/mol. The number of nitrogens with one attached hydrogen (secondary N) is 2. The molecule has 0 aliphatic heterocycles. The number of rotatable bonds is 6. The maximum atomic E-state index is 12.9. The van der Waals surface area contributed by atoms with Gasteiger partial charge >= 0.3 is 11.4 Å². The van der Waals surface area contributed by atoms with Crippen LogP contribution in [0.25, 0.3) is 22.3 Å². The van der Waals surface area contributed by atoms with Gasteiger partial charge in [-0.3, -0.25) is 4.79 Å². The lowest BCUT2D eigenvalue weighted by Gasteiger charge is -2.13. The van der Waals surface area contributed by atoms with Gasteiger partial charge in [-0.05, 0) is 30.7 Å². The molecule has 0 aliphatic carbocycles. The number of aromatic nitrogens is 4. The van der Waals surface area contributed by atoms with Crippen molar-refractivity contribution in [1.82, 2.24) is 14.1 Å². The molecule has 4 rings (SSSR count). The van der Waals surface area contributed by atoms with E-state index in [-0.39, 0.29) is 16.7 Å². The molecule has 0 saturated heterocycles. The fourth-order valence-corrected chi connectivity index (χ4v) is 3.53. The molecule has 0 fully saturated rings. The highest BCUT2D eigenvalue weighted by Crippen LogP contribution is 2.33. The molecule has 2 heterocycles. The minimum absolute atomic E-state index is 0.138. The Kier molecular flexibility index (Phi) is 5.63. The van der Waals surface area contributed by atoms with E-state index >= 15 is 0 Å². The predicted molar refractivity (Wildman–Crippen MR) is 119 cm³/mol. The van der Waals surface area contributed by atoms with Crippen molar-refractivity contribution in [3.8, 4) is 22.8 Å². The molecule has 0 bridgehead atoms. The first-order valence-corrected chi connectivity index (χ1v) is 10.1. The van der Waals surface area contributed by atoms with Crippen molar-refractivity contribution in [2.45, 2.75) is 13.5 Å². The lowest BCUT2D eigenvalue weighted by Crippen LogP contribution is -2.43. The molecule has 2 aromatic carbocycles. The lowest BCUT2D eigenvalue weighted by molar-refractivity contribution is -0.374. The standard InChI is InChI=1S/C23H22N4O5/c1-4-31-17-12-15(10-11-16(17)32-13-14-8-6-5-7-9-14)19-18-20(25-22(29)24-19)26(2)23(30)27(3)21(18)28/h5-12H,4,13H2,1-3H3,(H,24,25,29)/p+1. The molecule has 32 heavy (non-hydrogen) atoms. The minimum Gasteiger partial charge on any atom is -0.490 e. The maximum Gasteiger partial charge on any atom is 0.439 e. The third-order valence-electron chi connectivity index (χ3n) is 5.15. The van der Waals surface area contributed by atoms with E-state index in [2.05, 4.69) is 9.97 Å². The number of fused-ring (bicyclic) bond motifs is 1. The molecule has 9 nitrogen and oxygen atoms in total. The van der Waals surface area contributed by atoms with E-state index in [0.717, 1.165) is 10.1 Å². The first-order valence-electron chi connectivity index (χ1n) is 10.1. The van der Waals surface area contributed by atoms with Crippen LogP contribution < -0.4 is 31.4 Å². The molecule has 0 saturated carbocycles. The summed E-state index contributed by atoms with van der Waals surface area (Å²) in [6.45, 7) is 2.62. The first kappa shape index (κ1) is 21.1. The van der Waals surface area contributed by atoms with Crippen molar-refractivity contribution in [1.29, 1.82) is 0 Å². The number of nitrogens with zero attached hydrogens (tertiary/aromatic N) is 2. The van der Waals surface area contributed by atoms with Gasteiger partial charge in [0, 0.05) is 12.6 Å². The van der Waals surface area contributed by atoms with Crippen LogP contribution in [0.2, 0.25) is 0 Å². The Morgan fingerprint density at radius 2 is 1.69 bits per heavy atom. The van der Waals surface area contributed by atoms with Gasteiger partial charge < -0.3 is 9.47 Å². The van der Waals surface area contributed by atoms with Crippen molar-refractivity contribution < 1.29 is 14.5 Å². The minimum atomic E-state index is -0.543. The van der Waals surface area contributed by atoms with E-state index in [1.54, 1.807) is 18.2 Å². The highest BCUT2D eigenvalue weighted by Gasteiger charge is 2.22. The van der Waals surface area contributed by atoms with Gasteiger partial charge in [-0.25, -0.2) is 28.7 Å². The Labute approximate surface area is 182 Å². The summed E-state index contributed by atoms with van der Waals surface area (Å²) in [6, 6.07) is 14.9. The zero-order chi connectivity index (χ0) is 22.8. The summed E-state index contributed by atoms with van der Waals surface area (Å²) < 4.78 is 13.9. The van der Waals surface area contributed by atoms with Crippen molar-refractivity contribution in [2.24, 2.45) is 14.1 Å². The Balaban J connectivity index is 1.85. The van der Waals surface area contributed by atoms with Crippen LogP contribution in [0.4, 0.5) is 0 Å². The Morgan fingerprint density at radius 1 is 0.938 bits per heavy atom. The molecule has 4 aromatic rings. The van der Waals surface area contributed by atoms with Gasteiger partial charge in [-0.1, -0.05) is 30.3 Å². The number of H-pyrrole nitrogens is 2. The van der Waals surface area contributed by atoms with Crippen LogP contribution in [0.15, 0.2) is 62.9 Å². The van der Waals surface area contributed by atoms with Gasteiger partial charge in [-0.15, -0.1) is 0 Å². The molecular weight excluding hydrogens is 412 g/mol. The second kappa shape index (κ2) is 8.54. The molecule has 2 N–H and O–H groups in total. The summed E-state index contributed by atoms with van der Waals surface area (Å²) in [5, 5.41) is 0.189. The largest absolute Gasteiger partial charge is 0.490 e. The number of hydrogen-bond donors (Lipinski definition) is 1. The molecule has 0 unspecified atom stereocenters. The van der Waals surface area contributed by atoms with E-state index < -0.39 is 16.9 Å². The van der Waals surface area contributed by atoms with Gasteiger partial charge in [0.15, 0.2) is 16.9 Å². The van der Waals surface area contributed by atoms with Gasteiger partial charge in [-0.2, -0.15) is 0 Å². The highest BCUT2D eigenvalue weighted by atomic mass is 16.5. The average Bonchev–Trinajstić information content (AvgIpc) is 2.80. The fourth-order valence-electron chi connectivity index (χ4n) is 3.53. The fraction of sp³-hybridized carbons (Fsp3) is 0.217. The Hall–Kier alpha value is -4.14. The van der Waals surface area contributed by atoms with Crippen LogP contribution in [0, 0.1) is 0 Å². The molecule has 9 heteroatoms. The molecular formula is C23H23N4O5+. The van der Waals surface area contributed by atoms with Crippen molar-refractivity contribution in [3.63, 3.8) is 0 Å². The van der Waals surface area contributed by atoms with Crippen LogP contribution in [-0.4, -0.2) is 20.7 Å². The van der Waals surface area contributed by atoms with Gasteiger partial charge in [0.2, 0.25) is 5.65 Å². The molecule has 0 radical (unpaired) electrons. The number of hydrogen-bond acceptors (Lipinski definition) is 5.